The van der Waals surface area contributed by atoms with Gasteiger partial charge >= 0.3 is 0 Å². The number of nitrogens with one attached hydrogen (secondary N) is 2. The first-order valence-electron chi connectivity index (χ1n) is 11.0. The number of para-hydroxylation sites is 1. The number of rotatable bonds is 6. The van der Waals surface area contributed by atoms with Crippen molar-refractivity contribution in [2.24, 2.45) is 5.10 Å². The van der Waals surface area contributed by atoms with Crippen LogP contribution in [-0.2, 0) is 11.2 Å². The average Bonchev–Trinajstić information content (AvgIpc) is 2.84. The Morgan fingerprint density at radius 2 is 1.44 bits per heavy atom. The van der Waals surface area contributed by atoms with E-state index in [0.717, 1.165) is 37.0 Å². The molecule has 0 aromatic heterocycles. The van der Waals surface area contributed by atoms with Crippen molar-refractivity contribution in [1.29, 1.82) is 0 Å². The first kappa shape index (κ1) is 21.5. The van der Waals surface area contributed by atoms with Gasteiger partial charge in [0.2, 0.25) is 5.91 Å². The molecule has 0 bridgehead atoms. The Hall–Kier alpha value is -3.73. The number of amides is 2. The molecule has 3 aromatic carbocycles. The molecule has 162 valence electrons. The van der Waals surface area contributed by atoms with Crippen molar-refractivity contribution in [2.75, 3.05) is 5.32 Å². The highest BCUT2D eigenvalue weighted by molar-refractivity contribution is 6.04. The molecule has 1 fully saturated rings. The van der Waals surface area contributed by atoms with E-state index in [1.54, 1.807) is 24.3 Å². The minimum atomic E-state index is -0.321. The molecule has 1 saturated carbocycles. The second-order valence-corrected chi connectivity index (χ2v) is 8.06. The third kappa shape index (κ3) is 5.70. The van der Waals surface area contributed by atoms with Crippen molar-refractivity contribution in [3.05, 3.63) is 102 Å². The van der Waals surface area contributed by atoms with Gasteiger partial charge in [0.15, 0.2) is 0 Å². The van der Waals surface area contributed by atoms with E-state index >= 15 is 0 Å². The largest absolute Gasteiger partial charge is 0.325 e. The monoisotopic (exact) mass is 425 g/mol. The molecular formula is C27H27N3O2. The Balaban J connectivity index is 1.34. The van der Waals surface area contributed by atoms with Crippen LogP contribution in [0.3, 0.4) is 0 Å². The lowest BCUT2D eigenvalue weighted by atomic mass is 9.83. The molecule has 0 spiro atoms. The van der Waals surface area contributed by atoms with Crippen LogP contribution in [-0.4, -0.2) is 17.5 Å². The van der Waals surface area contributed by atoms with Gasteiger partial charge in [-0.1, -0.05) is 72.8 Å². The number of hydrazone groups is 1. The molecule has 0 saturated heterocycles. The van der Waals surface area contributed by atoms with Crippen LogP contribution in [0.4, 0.5) is 5.69 Å². The second kappa shape index (κ2) is 10.5. The Morgan fingerprint density at radius 1 is 0.812 bits per heavy atom. The Bertz CT molecular complexity index is 1080. The first-order valence-corrected chi connectivity index (χ1v) is 11.0. The molecule has 0 unspecified atom stereocenters. The lowest BCUT2D eigenvalue weighted by molar-refractivity contribution is -0.115. The molecule has 0 heterocycles. The normalized spacial score (nSPS) is 15.6. The molecule has 0 atom stereocenters. The highest BCUT2D eigenvalue weighted by Gasteiger charge is 2.20. The SMILES string of the molecule is O=C(Cc1ccccc1)Nc1ccccc1C(=O)NN=C1CCC(c2ccccc2)CC1. The number of anilines is 1. The van der Waals surface area contributed by atoms with E-state index in [1.807, 2.05) is 36.4 Å². The van der Waals surface area contributed by atoms with E-state index in [0.29, 0.717) is 17.2 Å². The van der Waals surface area contributed by atoms with E-state index < -0.39 is 0 Å². The average molecular weight is 426 g/mol. The number of carbonyl (C=O) groups excluding carboxylic acids is 2. The van der Waals surface area contributed by atoms with Gasteiger partial charge in [0.05, 0.1) is 17.7 Å². The van der Waals surface area contributed by atoms with Gasteiger partial charge in [0, 0.05) is 5.71 Å². The Labute approximate surface area is 188 Å². The maximum atomic E-state index is 12.8. The van der Waals surface area contributed by atoms with E-state index in [9.17, 15) is 9.59 Å². The van der Waals surface area contributed by atoms with Gasteiger partial charge in [-0.05, 0) is 54.9 Å². The summed E-state index contributed by atoms with van der Waals surface area (Å²) in [5, 5.41) is 7.23. The number of hydrogen-bond donors (Lipinski definition) is 2. The molecule has 2 amide bonds. The van der Waals surface area contributed by atoms with Crippen molar-refractivity contribution in [3.8, 4) is 0 Å². The van der Waals surface area contributed by atoms with Crippen LogP contribution in [0.15, 0.2) is 90.0 Å². The number of carbonyl (C=O) groups is 2. The van der Waals surface area contributed by atoms with Gasteiger partial charge < -0.3 is 5.32 Å². The maximum Gasteiger partial charge on any atom is 0.273 e. The Morgan fingerprint density at radius 3 is 2.16 bits per heavy atom. The minimum Gasteiger partial charge on any atom is -0.325 e. The zero-order chi connectivity index (χ0) is 22.2. The van der Waals surface area contributed by atoms with Crippen LogP contribution in [0.1, 0.15) is 53.1 Å². The summed E-state index contributed by atoms with van der Waals surface area (Å²) >= 11 is 0. The van der Waals surface area contributed by atoms with Gasteiger partial charge in [-0.15, -0.1) is 0 Å². The summed E-state index contributed by atoms with van der Waals surface area (Å²) < 4.78 is 0. The molecule has 0 aliphatic heterocycles. The third-order valence-electron chi connectivity index (χ3n) is 5.80. The van der Waals surface area contributed by atoms with Gasteiger partial charge in [-0.3, -0.25) is 9.59 Å². The molecule has 1 aliphatic carbocycles. The van der Waals surface area contributed by atoms with E-state index in [-0.39, 0.29) is 18.2 Å². The topological polar surface area (TPSA) is 70.6 Å². The smallest absolute Gasteiger partial charge is 0.273 e. The van der Waals surface area contributed by atoms with E-state index in [4.69, 9.17) is 0 Å². The van der Waals surface area contributed by atoms with Crippen LogP contribution in [0.2, 0.25) is 0 Å². The molecule has 32 heavy (non-hydrogen) atoms. The quantitative estimate of drug-likeness (QED) is 0.525. The molecular weight excluding hydrogens is 398 g/mol. The predicted octanol–water partition coefficient (Wildman–Crippen LogP) is 5.31. The fraction of sp³-hybridized carbons (Fsp3) is 0.222. The predicted molar refractivity (Wildman–Crippen MR) is 128 cm³/mol. The molecule has 1 aliphatic rings. The van der Waals surface area contributed by atoms with Crippen molar-refractivity contribution in [3.63, 3.8) is 0 Å². The lowest BCUT2D eigenvalue weighted by Crippen LogP contribution is -2.24. The standard InChI is InChI=1S/C27H27N3O2/c31-26(19-20-9-3-1-4-10-20)28-25-14-8-7-13-24(25)27(32)30-29-23-17-15-22(16-18-23)21-11-5-2-6-12-21/h1-14,22H,15-19H2,(H,28,31)(H,30,32). The summed E-state index contributed by atoms with van der Waals surface area (Å²) in [6, 6.07) is 27.1. The van der Waals surface area contributed by atoms with Crippen molar-refractivity contribution in [1.82, 2.24) is 5.43 Å². The molecule has 0 radical (unpaired) electrons. The zero-order valence-electron chi connectivity index (χ0n) is 18.0. The number of nitrogens with zero attached hydrogens (tertiary/aromatic N) is 1. The van der Waals surface area contributed by atoms with E-state index in [2.05, 4.69) is 40.1 Å². The van der Waals surface area contributed by atoms with Crippen LogP contribution >= 0.6 is 0 Å². The van der Waals surface area contributed by atoms with Gasteiger partial charge in [0.1, 0.15) is 0 Å². The van der Waals surface area contributed by atoms with Crippen LogP contribution in [0, 0.1) is 0 Å². The third-order valence-corrected chi connectivity index (χ3v) is 5.80. The molecule has 5 nitrogen and oxygen atoms in total. The van der Waals surface area contributed by atoms with Crippen molar-refractivity contribution >= 4 is 23.2 Å². The highest BCUT2D eigenvalue weighted by Crippen LogP contribution is 2.31. The molecule has 3 aromatic rings. The summed E-state index contributed by atoms with van der Waals surface area (Å²) in [5.74, 6) is 0.0618. The summed E-state index contributed by atoms with van der Waals surface area (Å²) in [6.45, 7) is 0. The number of hydrogen-bond acceptors (Lipinski definition) is 3. The van der Waals surface area contributed by atoms with Crippen molar-refractivity contribution < 1.29 is 9.59 Å². The zero-order valence-corrected chi connectivity index (χ0v) is 18.0. The Kier molecular flexibility index (Phi) is 7.08. The fourth-order valence-corrected chi connectivity index (χ4v) is 4.08. The van der Waals surface area contributed by atoms with Crippen LogP contribution < -0.4 is 10.7 Å². The van der Waals surface area contributed by atoms with E-state index in [1.165, 1.54) is 5.56 Å². The highest BCUT2D eigenvalue weighted by atomic mass is 16.2. The summed E-state index contributed by atoms with van der Waals surface area (Å²) in [6.07, 6.45) is 4.06. The fourth-order valence-electron chi connectivity index (χ4n) is 4.08. The second-order valence-electron chi connectivity index (χ2n) is 8.06. The molecule has 2 N–H and O–H groups in total. The van der Waals surface area contributed by atoms with Crippen LogP contribution in [0.25, 0.3) is 0 Å². The molecule has 5 heteroatoms. The van der Waals surface area contributed by atoms with Crippen LogP contribution in [0.5, 0.6) is 0 Å². The lowest BCUT2D eigenvalue weighted by Gasteiger charge is -2.23. The summed E-state index contributed by atoms with van der Waals surface area (Å²) in [7, 11) is 0. The number of benzene rings is 3. The molecule has 4 rings (SSSR count). The minimum absolute atomic E-state index is 0.165. The van der Waals surface area contributed by atoms with Gasteiger partial charge in [-0.2, -0.15) is 5.10 Å². The maximum absolute atomic E-state index is 12.8. The van der Waals surface area contributed by atoms with Gasteiger partial charge in [-0.25, -0.2) is 5.43 Å². The van der Waals surface area contributed by atoms with Crippen molar-refractivity contribution in [2.45, 2.75) is 38.0 Å². The van der Waals surface area contributed by atoms with Gasteiger partial charge in [0.25, 0.3) is 5.91 Å². The summed E-state index contributed by atoms with van der Waals surface area (Å²) in [5.41, 5.74) is 6.87. The summed E-state index contributed by atoms with van der Waals surface area (Å²) in [4.78, 5) is 25.2. The first-order chi connectivity index (χ1) is 15.7.